The van der Waals surface area contributed by atoms with Gasteiger partial charge in [0.25, 0.3) is 11.8 Å². The predicted octanol–water partition coefficient (Wildman–Crippen LogP) is 4.30. The van der Waals surface area contributed by atoms with Crippen LogP contribution in [0.3, 0.4) is 0 Å². The first-order valence-electron chi connectivity index (χ1n) is 9.52. The monoisotopic (exact) mass is 466 g/mol. The number of rotatable bonds is 9. The minimum Gasteiger partial charge on any atom is -0.484 e. The Labute approximate surface area is 191 Å². The molecule has 4 rings (SSSR count). The molecule has 4 aromatic rings. The lowest BCUT2D eigenvalue weighted by molar-refractivity contribution is -0.118. The largest absolute Gasteiger partial charge is 0.484 e. The highest BCUT2D eigenvalue weighted by molar-refractivity contribution is 7.15. The Morgan fingerprint density at radius 2 is 1.09 bits per heavy atom. The molecule has 10 heteroatoms. The predicted molar refractivity (Wildman–Crippen MR) is 124 cm³/mol. The number of anilines is 2. The summed E-state index contributed by atoms with van der Waals surface area (Å²) in [6, 6.07) is 18.2. The summed E-state index contributed by atoms with van der Waals surface area (Å²) in [6.45, 7) is -0.228. The molecule has 0 atom stereocenters. The van der Waals surface area contributed by atoms with Crippen LogP contribution in [0.15, 0.2) is 71.4 Å². The molecule has 2 N–H and O–H groups in total. The normalized spacial score (nSPS) is 10.4. The Bertz CT molecular complexity index is 1090. The first kappa shape index (κ1) is 21.5. The van der Waals surface area contributed by atoms with Gasteiger partial charge in [-0.2, -0.15) is 0 Å². The number of thiazole rings is 2. The number of aromatic nitrogens is 2. The van der Waals surface area contributed by atoms with Crippen molar-refractivity contribution in [2.45, 2.75) is 0 Å². The zero-order valence-corrected chi connectivity index (χ0v) is 18.3. The third-order valence-electron chi connectivity index (χ3n) is 3.99. The fourth-order valence-electron chi connectivity index (χ4n) is 2.54. The Kier molecular flexibility index (Phi) is 7.05. The number of nitrogens with one attached hydrogen (secondary N) is 2. The van der Waals surface area contributed by atoms with Gasteiger partial charge in [-0.25, -0.2) is 9.97 Å². The van der Waals surface area contributed by atoms with Crippen LogP contribution in [0.4, 0.5) is 10.3 Å². The second-order valence-electron chi connectivity index (χ2n) is 6.38. The van der Waals surface area contributed by atoms with Gasteiger partial charge in [0, 0.05) is 10.8 Å². The van der Waals surface area contributed by atoms with Gasteiger partial charge in [-0.15, -0.1) is 22.7 Å². The molecule has 162 valence electrons. The van der Waals surface area contributed by atoms with Crippen molar-refractivity contribution >= 4 is 44.8 Å². The van der Waals surface area contributed by atoms with Crippen LogP contribution in [-0.2, 0) is 9.59 Å². The van der Waals surface area contributed by atoms with E-state index in [-0.39, 0.29) is 25.0 Å². The molecule has 0 saturated heterocycles. The van der Waals surface area contributed by atoms with Crippen LogP contribution >= 0.6 is 22.7 Å². The van der Waals surface area contributed by atoms with Gasteiger partial charge in [-0.3, -0.25) is 20.2 Å². The number of para-hydroxylation sites is 2. The van der Waals surface area contributed by atoms with Crippen LogP contribution in [-0.4, -0.2) is 35.0 Å². The zero-order valence-electron chi connectivity index (χ0n) is 16.7. The minimum absolute atomic E-state index is 0.114. The third kappa shape index (κ3) is 6.13. The molecule has 2 aromatic carbocycles. The van der Waals surface area contributed by atoms with Crippen molar-refractivity contribution in [1.29, 1.82) is 0 Å². The van der Waals surface area contributed by atoms with Gasteiger partial charge in [-0.1, -0.05) is 36.4 Å². The molecule has 8 nitrogen and oxygen atoms in total. The van der Waals surface area contributed by atoms with Crippen molar-refractivity contribution in [1.82, 2.24) is 9.97 Å². The van der Waals surface area contributed by atoms with Gasteiger partial charge in [0.1, 0.15) is 22.9 Å². The van der Waals surface area contributed by atoms with Crippen LogP contribution in [0.1, 0.15) is 0 Å². The summed E-state index contributed by atoms with van der Waals surface area (Å²) in [5.74, 6) is 0.626. The highest BCUT2D eigenvalue weighted by Crippen LogP contribution is 2.28. The van der Waals surface area contributed by atoms with Crippen molar-refractivity contribution < 1.29 is 19.1 Å². The maximum Gasteiger partial charge on any atom is 0.264 e. The molecule has 0 bridgehead atoms. The summed E-state index contributed by atoms with van der Waals surface area (Å²) < 4.78 is 10.8. The zero-order chi connectivity index (χ0) is 22.2. The highest BCUT2D eigenvalue weighted by Gasteiger charge is 2.13. The molecule has 2 heterocycles. The smallest absolute Gasteiger partial charge is 0.264 e. The second-order valence-corrected chi connectivity index (χ2v) is 8.09. The summed E-state index contributed by atoms with van der Waals surface area (Å²) in [6.07, 6.45) is 0. The number of carbonyl (C=O) groups is 2. The van der Waals surface area contributed by atoms with Crippen LogP contribution in [0, 0.1) is 0 Å². The Balaban J connectivity index is 1.27. The average molecular weight is 467 g/mol. The van der Waals surface area contributed by atoms with Gasteiger partial charge >= 0.3 is 0 Å². The lowest BCUT2D eigenvalue weighted by Gasteiger charge is -2.05. The van der Waals surface area contributed by atoms with Crippen molar-refractivity contribution in [2.75, 3.05) is 23.8 Å². The van der Waals surface area contributed by atoms with Gasteiger partial charge in [0.2, 0.25) is 0 Å². The summed E-state index contributed by atoms with van der Waals surface area (Å²) in [5, 5.41) is 9.86. The molecule has 0 spiro atoms. The van der Waals surface area contributed by atoms with Crippen LogP contribution in [0.2, 0.25) is 0 Å². The number of amides is 2. The van der Waals surface area contributed by atoms with Gasteiger partial charge in [0.05, 0.1) is 0 Å². The summed E-state index contributed by atoms with van der Waals surface area (Å²) in [4.78, 5) is 32.9. The number of hydrogen-bond donors (Lipinski definition) is 2. The van der Waals surface area contributed by atoms with Crippen molar-refractivity contribution in [3.63, 3.8) is 0 Å². The molecular formula is C22H18N4O4S2. The van der Waals surface area contributed by atoms with E-state index < -0.39 is 0 Å². The first-order valence-corrected chi connectivity index (χ1v) is 11.3. The fraction of sp³-hybridized carbons (Fsp3) is 0.0909. The molecule has 0 radical (unpaired) electrons. The van der Waals surface area contributed by atoms with Crippen molar-refractivity contribution in [3.05, 3.63) is 71.4 Å². The number of ether oxygens (including phenoxy) is 2. The van der Waals surface area contributed by atoms with Gasteiger partial charge < -0.3 is 9.47 Å². The topological polar surface area (TPSA) is 102 Å². The summed E-state index contributed by atoms with van der Waals surface area (Å²) in [5.41, 5.74) is 1.21. The van der Waals surface area contributed by atoms with Crippen LogP contribution < -0.4 is 20.1 Å². The molecule has 2 aromatic heterocycles. The first-order chi connectivity index (χ1) is 15.7. The lowest BCUT2D eigenvalue weighted by atomic mass is 10.3. The van der Waals surface area contributed by atoms with Crippen molar-refractivity contribution in [2.24, 2.45) is 0 Å². The van der Waals surface area contributed by atoms with E-state index in [1.807, 2.05) is 36.4 Å². The Morgan fingerprint density at radius 1 is 0.688 bits per heavy atom. The Morgan fingerprint density at radius 3 is 1.50 bits per heavy atom. The SMILES string of the molecule is O=C(COc1ccccc1)Nc1nc(-c2csc(NC(=O)COc3ccccc3)n2)cs1. The lowest BCUT2D eigenvalue weighted by Crippen LogP contribution is -2.20. The molecule has 0 saturated carbocycles. The van der Waals surface area contributed by atoms with E-state index in [1.165, 1.54) is 22.7 Å². The van der Waals surface area contributed by atoms with E-state index in [0.717, 1.165) is 0 Å². The molecule has 0 aliphatic carbocycles. The molecule has 0 fully saturated rings. The number of hydrogen-bond acceptors (Lipinski definition) is 8. The van der Waals surface area contributed by atoms with E-state index in [9.17, 15) is 9.59 Å². The molecule has 0 aliphatic heterocycles. The van der Waals surface area contributed by atoms with Crippen LogP contribution in [0.25, 0.3) is 11.4 Å². The maximum atomic E-state index is 12.1. The Hall–Kier alpha value is -3.76. The van der Waals surface area contributed by atoms with E-state index in [2.05, 4.69) is 20.6 Å². The minimum atomic E-state index is -0.306. The number of carbonyl (C=O) groups excluding carboxylic acids is 2. The second kappa shape index (κ2) is 10.5. The third-order valence-corrected chi connectivity index (χ3v) is 5.51. The van der Waals surface area contributed by atoms with Gasteiger partial charge in [-0.05, 0) is 24.3 Å². The molecule has 32 heavy (non-hydrogen) atoms. The van der Waals surface area contributed by atoms with E-state index >= 15 is 0 Å². The summed E-state index contributed by atoms with van der Waals surface area (Å²) in [7, 11) is 0. The van der Waals surface area contributed by atoms with Crippen LogP contribution in [0.5, 0.6) is 11.5 Å². The van der Waals surface area contributed by atoms with Gasteiger partial charge in [0.15, 0.2) is 23.5 Å². The molecule has 0 unspecified atom stereocenters. The van der Waals surface area contributed by atoms with E-state index in [4.69, 9.17) is 9.47 Å². The summed E-state index contributed by atoms with van der Waals surface area (Å²) >= 11 is 2.56. The molecule has 0 aliphatic rings. The number of benzene rings is 2. The van der Waals surface area contributed by atoms with E-state index in [1.54, 1.807) is 35.0 Å². The highest BCUT2D eigenvalue weighted by atomic mass is 32.1. The standard InChI is InChI=1S/C22H18N4O4S2/c27-19(11-29-15-7-3-1-4-8-15)25-21-23-17(13-31-21)18-14-32-22(24-18)26-20(28)12-30-16-9-5-2-6-10-16/h1-10,13-14H,11-12H2,(H,23,25,27)(H,24,26,28). The number of nitrogens with zero attached hydrogens (tertiary/aromatic N) is 2. The average Bonchev–Trinajstić information content (AvgIpc) is 3.47. The quantitative estimate of drug-likeness (QED) is 0.381. The van der Waals surface area contributed by atoms with E-state index in [0.29, 0.717) is 33.1 Å². The fourth-order valence-corrected chi connectivity index (χ4v) is 3.98. The maximum absolute atomic E-state index is 12.1. The van der Waals surface area contributed by atoms with Crippen molar-refractivity contribution in [3.8, 4) is 22.9 Å². The molecular weight excluding hydrogens is 448 g/mol. The molecule has 2 amide bonds.